The third-order valence-electron chi connectivity index (χ3n) is 6.00. The zero-order chi connectivity index (χ0) is 20.2. The Kier molecular flexibility index (Phi) is 4.70. The Bertz CT molecular complexity index is 783. The number of ether oxygens (including phenoxy) is 4. The molecule has 0 spiro atoms. The van der Waals surface area contributed by atoms with Crippen molar-refractivity contribution >= 4 is 11.9 Å². The van der Waals surface area contributed by atoms with E-state index in [1.165, 1.54) is 6.08 Å². The fourth-order valence-corrected chi connectivity index (χ4v) is 4.24. The van der Waals surface area contributed by atoms with Crippen molar-refractivity contribution < 1.29 is 38.7 Å². The van der Waals surface area contributed by atoms with Gasteiger partial charge in [-0.1, -0.05) is 12.7 Å². The number of hydrogen-bond acceptors (Lipinski definition) is 8. The van der Waals surface area contributed by atoms with Crippen LogP contribution in [0.25, 0.3) is 0 Å². The standard InChI is InChI=1S/C20H24O8/c1-4-10(7-21)19(24)26-13-6-20(3)17(28-20)16-15(27-16)11(8-22)5-12-14(13)9(2)18(23)25-12/h4-5,12-17,21-22H,2,6-8H2,1,3H3/b10-4+,11-5-. The van der Waals surface area contributed by atoms with Crippen molar-refractivity contribution in [2.45, 2.75) is 56.4 Å². The lowest BCUT2D eigenvalue weighted by molar-refractivity contribution is -0.148. The second-order valence-electron chi connectivity index (χ2n) is 7.81. The second-order valence-corrected chi connectivity index (χ2v) is 7.81. The number of aliphatic hydroxyl groups is 2. The van der Waals surface area contributed by atoms with Crippen LogP contribution in [0, 0.1) is 5.92 Å². The fourth-order valence-electron chi connectivity index (χ4n) is 4.24. The van der Waals surface area contributed by atoms with Crippen molar-refractivity contribution in [1.29, 1.82) is 0 Å². The second kappa shape index (κ2) is 6.81. The SMILES string of the molecule is C=C1C(=O)OC2/C=C(/CO)C3OC3C3OC3(C)CC(OC(=O)/C(=C/C)CO)C12. The van der Waals surface area contributed by atoms with Crippen molar-refractivity contribution in [3.63, 3.8) is 0 Å². The number of fused-ring (bicyclic) bond motifs is 4. The number of allylic oxidation sites excluding steroid dienone is 1. The Balaban J connectivity index is 1.70. The van der Waals surface area contributed by atoms with Gasteiger partial charge in [0.15, 0.2) is 0 Å². The van der Waals surface area contributed by atoms with Crippen molar-refractivity contribution in [3.05, 3.63) is 35.5 Å². The van der Waals surface area contributed by atoms with Gasteiger partial charge in [0, 0.05) is 12.0 Å². The van der Waals surface area contributed by atoms with Crippen molar-refractivity contribution in [2.24, 2.45) is 5.92 Å². The fraction of sp³-hybridized carbons (Fsp3) is 0.600. The first kappa shape index (κ1) is 19.3. The van der Waals surface area contributed by atoms with E-state index < -0.39 is 42.3 Å². The summed E-state index contributed by atoms with van der Waals surface area (Å²) in [4.78, 5) is 24.7. The Morgan fingerprint density at radius 1 is 1.46 bits per heavy atom. The van der Waals surface area contributed by atoms with Crippen LogP contribution >= 0.6 is 0 Å². The molecule has 4 aliphatic rings. The zero-order valence-corrected chi connectivity index (χ0v) is 15.8. The van der Waals surface area contributed by atoms with Gasteiger partial charge in [-0.25, -0.2) is 9.59 Å². The third kappa shape index (κ3) is 3.10. The molecular formula is C20H24O8. The lowest BCUT2D eigenvalue weighted by atomic mass is 9.82. The van der Waals surface area contributed by atoms with Crippen LogP contribution in [0.15, 0.2) is 35.5 Å². The maximum Gasteiger partial charge on any atom is 0.336 e. The molecule has 7 atom stereocenters. The van der Waals surface area contributed by atoms with Crippen molar-refractivity contribution in [2.75, 3.05) is 13.2 Å². The third-order valence-corrected chi connectivity index (χ3v) is 6.00. The first-order chi connectivity index (χ1) is 13.3. The average molecular weight is 392 g/mol. The molecule has 8 nitrogen and oxygen atoms in total. The molecule has 3 fully saturated rings. The predicted octanol–water partition coefficient (Wildman–Crippen LogP) is 0.182. The predicted molar refractivity (Wildman–Crippen MR) is 95.0 cm³/mol. The number of esters is 2. The first-order valence-electron chi connectivity index (χ1n) is 9.34. The van der Waals surface area contributed by atoms with Crippen molar-refractivity contribution in [1.82, 2.24) is 0 Å². The number of carbonyl (C=O) groups is 2. The summed E-state index contributed by atoms with van der Waals surface area (Å²) >= 11 is 0. The van der Waals surface area contributed by atoms with Gasteiger partial charge in [0.25, 0.3) is 0 Å². The van der Waals surface area contributed by atoms with Crippen LogP contribution in [-0.4, -0.2) is 71.5 Å². The van der Waals surface area contributed by atoms with Gasteiger partial charge >= 0.3 is 11.9 Å². The number of epoxide rings is 2. The molecule has 2 N–H and O–H groups in total. The number of hydrogen-bond donors (Lipinski definition) is 2. The summed E-state index contributed by atoms with van der Waals surface area (Å²) in [5, 5.41) is 19.1. The van der Waals surface area contributed by atoms with Crippen LogP contribution in [0.5, 0.6) is 0 Å². The van der Waals surface area contributed by atoms with Gasteiger partial charge in [-0.05, 0) is 25.5 Å². The summed E-state index contributed by atoms with van der Waals surface area (Å²) in [6, 6.07) is 0. The highest BCUT2D eigenvalue weighted by Crippen LogP contribution is 2.53. The summed E-state index contributed by atoms with van der Waals surface area (Å²) in [6.45, 7) is 6.68. The van der Waals surface area contributed by atoms with E-state index in [1.807, 2.05) is 6.92 Å². The Morgan fingerprint density at radius 3 is 2.86 bits per heavy atom. The smallest absolute Gasteiger partial charge is 0.336 e. The molecule has 1 aliphatic carbocycles. The van der Waals surface area contributed by atoms with E-state index in [0.717, 1.165) is 0 Å². The van der Waals surface area contributed by atoms with E-state index in [4.69, 9.17) is 18.9 Å². The molecule has 152 valence electrons. The molecule has 0 bridgehead atoms. The van der Waals surface area contributed by atoms with E-state index in [1.54, 1.807) is 13.0 Å². The molecule has 4 rings (SSSR count). The molecular weight excluding hydrogens is 368 g/mol. The lowest BCUT2D eigenvalue weighted by Crippen LogP contribution is -2.38. The molecule has 3 heterocycles. The minimum atomic E-state index is -0.751. The normalized spacial score (nSPS) is 43.7. The minimum absolute atomic E-state index is 0.125. The number of aliphatic hydroxyl groups excluding tert-OH is 2. The quantitative estimate of drug-likeness (QED) is 0.301. The van der Waals surface area contributed by atoms with Crippen LogP contribution in [-0.2, 0) is 28.5 Å². The van der Waals surface area contributed by atoms with Gasteiger partial charge in [0.05, 0.1) is 30.3 Å². The highest BCUT2D eigenvalue weighted by Gasteiger charge is 2.67. The van der Waals surface area contributed by atoms with Crippen LogP contribution in [0.3, 0.4) is 0 Å². The van der Waals surface area contributed by atoms with Crippen LogP contribution in [0.1, 0.15) is 20.3 Å². The van der Waals surface area contributed by atoms with Crippen LogP contribution in [0.4, 0.5) is 0 Å². The van der Waals surface area contributed by atoms with E-state index in [9.17, 15) is 19.8 Å². The molecule has 0 radical (unpaired) electrons. The molecule has 0 aromatic rings. The van der Waals surface area contributed by atoms with Gasteiger partial charge < -0.3 is 29.2 Å². The van der Waals surface area contributed by atoms with Gasteiger partial charge in [0.2, 0.25) is 0 Å². The number of carbonyl (C=O) groups excluding carboxylic acids is 2. The molecule has 3 aliphatic heterocycles. The van der Waals surface area contributed by atoms with E-state index in [0.29, 0.717) is 12.0 Å². The summed E-state index contributed by atoms with van der Waals surface area (Å²) in [7, 11) is 0. The molecule has 7 unspecified atom stereocenters. The van der Waals surface area contributed by atoms with E-state index in [-0.39, 0.29) is 36.1 Å². The van der Waals surface area contributed by atoms with Gasteiger partial charge in [0.1, 0.15) is 30.5 Å². The average Bonchev–Trinajstić information content (AvgIpc) is 3.53. The summed E-state index contributed by atoms with van der Waals surface area (Å²) < 4.78 is 22.7. The molecule has 28 heavy (non-hydrogen) atoms. The molecule has 3 saturated heterocycles. The van der Waals surface area contributed by atoms with Gasteiger partial charge in [-0.3, -0.25) is 0 Å². The molecule has 0 saturated carbocycles. The Hall–Kier alpha value is -2.00. The molecule has 0 aromatic heterocycles. The zero-order valence-electron chi connectivity index (χ0n) is 15.8. The highest BCUT2D eigenvalue weighted by molar-refractivity contribution is 5.92. The monoisotopic (exact) mass is 392 g/mol. The van der Waals surface area contributed by atoms with Crippen LogP contribution < -0.4 is 0 Å². The maximum absolute atomic E-state index is 12.5. The summed E-state index contributed by atoms with van der Waals surface area (Å²) in [6.07, 6.45) is 1.36. The maximum atomic E-state index is 12.5. The highest BCUT2D eigenvalue weighted by atomic mass is 16.7. The summed E-state index contributed by atoms with van der Waals surface area (Å²) in [5.74, 6) is -1.85. The summed E-state index contributed by atoms with van der Waals surface area (Å²) in [5.41, 5.74) is 0.350. The molecule has 8 heteroatoms. The largest absolute Gasteiger partial charge is 0.458 e. The van der Waals surface area contributed by atoms with Gasteiger partial charge in [-0.2, -0.15) is 0 Å². The van der Waals surface area contributed by atoms with E-state index in [2.05, 4.69) is 6.58 Å². The molecule has 0 amide bonds. The Labute approximate surface area is 162 Å². The number of rotatable bonds is 4. The topological polar surface area (TPSA) is 118 Å². The Morgan fingerprint density at radius 2 is 2.21 bits per heavy atom. The molecule has 0 aromatic carbocycles. The lowest BCUT2D eigenvalue weighted by Gasteiger charge is -2.28. The minimum Gasteiger partial charge on any atom is -0.458 e. The first-order valence-corrected chi connectivity index (χ1v) is 9.34. The van der Waals surface area contributed by atoms with Crippen LogP contribution in [0.2, 0.25) is 0 Å². The van der Waals surface area contributed by atoms with Gasteiger partial charge in [-0.15, -0.1) is 0 Å². The van der Waals surface area contributed by atoms with Crippen molar-refractivity contribution in [3.8, 4) is 0 Å². The van der Waals surface area contributed by atoms with E-state index >= 15 is 0 Å².